The number of hydrogen-bond donors (Lipinski definition) is 1. The lowest BCUT2D eigenvalue weighted by Gasteiger charge is -2.22. The molecule has 1 atom stereocenters. The van der Waals surface area contributed by atoms with Crippen LogP contribution in [0, 0.1) is 0 Å². The van der Waals surface area contributed by atoms with E-state index in [-0.39, 0.29) is 12.1 Å². The lowest BCUT2D eigenvalue weighted by molar-refractivity contribution is 0.186. The van der Waals surface area contributed by atoms with Crippen molar-refractivity contribution in [3.8, 4) is 5.75 Å². The van der Waals surface area contributed by atoms with Crippen LogP contribution in [-0.4, -0.2) is 36.7 Å². The number of benzene rings is 1. The van der Waals surface area contributed by atoms with Crippen LogP contribution >= 0.6 is 0 Å². The van der Waals surface area contributed by atoms with Crippen LogP contribution in [0.15, 0.2) is 24.3 Å². The van der Waals surface area contributed by atoms with Gasteiger partial charge in [0.05, 0.1) is 6.54 Å². The topological polar surface area (TPSA) is 41.6 Å². The molecular formula is C16H22N2O2. The average molecular weight is 274 g/mol. The molecule has 1 saturated heterocycles. The van der Waals surface area contributed by atoms with Gasteiger partial charge in [-0.2, -0.15) is 0 Å². The molecule has 0 aromatic heterocycles. The summed E-state index contributed by atoms with van der Waals surface area (Å²) >= 11 is 0. The van der Waals surface area contributed by atoms with Crippen molar-refractivity contribution >= 4 is 6.03 Å². The Bertz CT molecular complexity index is 442. The first-order chi connectivity index (χ1) is 9.83. The monoisotopic (exact) mass is 274 g/mol. The van der Waals surface area contributed by atoms with Crippen LogP contribution in [0.2, 0.25) is 0 Å². The second-order valence-electron chi connectivity index (χ2n) is 5.64. The molecule has 1 aromatic carbocycles. The highest BCUT2D eigenvalue weighted by molar-refractivity contribution is 5.74. The normalized spacial score (nSPS) is 21.8. The van der Waals surface area contributed by atoms with Crippen LogP contribution in [-0.2, 0) is 6.42 Å². The van der Waals surface area contributed by atoms with E-state index in [9.17, 15) is 4.79 Å². The maximum absolute atomic E-state index is 12.1. The number of nitrogens with one attached hydrogen (secondary N) is 1. The summed E-state index contributed by atoms with van der Waals surface area (Å²) in [6.45, 7) is 2.36. The summed E-state index contributed by atoms with van der Waals surface area (Å²) in [5.41, 5.74) is 1.24. The van der Waals surface area contributed by atoms with Gasteiger partial charge in [-0.3, -0.25) is 0 Å². The fraction of sp³-hybridized carbons (Fsp3) is 0.562. The molecule has 1 fully saturated rings. The Balaban J connectivity index is 1.47. The number of nitrogens with zero attached hydrogens (tertiary/aromatic N) is 1. The summed E-state index contributed by atoms with van der Waals surface area (Å²) in [6, 6.07) is 8.15. The molecule has 1 unspecified atom stereocenters. The van der Waals surface area contributed by atoms with Gasteiger partial charge in [0, 0.05) is 19.5 Å². The third kappa shape index (κ3) is 3.06. The highest BCUT2D eigenvalue weighted by Crippen LogP contribution is 2.27. The zero-order valence-corrected chi connectivity index (χ0v) is 11.8. The highest BCUT2D eigenvalue weighted by atomic mass is 16.5. The van der Waals surface area contributed by atoms with Gasteiger partial charge in [0.25, 0.3) is 0 Å². The summed E-state index contributed by atoms with van der Waals surface area (Å²) in [4.78, 5) is 14.1. The Morgan fingerprint density at radius 2 is 1.95 bits per heavy atom. The lowest BCUT2D eigenvalue weighted by Crippen LogP contribution is -2.44. The van der Waals surface area contributed by atoms with Crippen LogP contribution in [0.5, 0.6) is 5.75 Å². The lowest BCUT2D eigenvalue weighted by atomic mass is 10.1. The second kappa shape index (κ2) is 6.16. The van der Waals surface area contributed by atoms with Gasteiger partial charge in [-0.05, 0) is 24.5 Å². The van der Waals surface area contributed by atoms with Gasteiger partial charge in [0.2, 0.25) is 0 Å². The first-order valence-electron chi connectivity index (χ1n) is 7.60. The number of likely N-dealkylation sites (tertiary alicyclic amines) is 1. The van der Waals surface area contributed by atoms with E-state index in [2.05, 4.69) is 11.4 Å². The second-order valence-corrected chi connectivity index (χ2v) is 5.64. The minimum atomic E-state index is 0.0615. The van der Waals surface area contributed by atoms with Gasteiger partial charge < -0.3 is 15.0 Å². The predicted molar refractivity (Wildman–Crippen MR) is 78.0 cm³/mol. The standard InChI is InChI=1S/C16H22N2O2/c19-16(18-9-5-1-2-6-10-18)17-12-14-11-13-7-3-4-8-15(13)20-14/h3-4,7-8,14H,1-2,5-6,9-12H2,(H,17,19). The SMILES string of the molecule is O=C(NCC1Cc2ccccc2O1)N1CCCCCC1. The summed E-state index contributed by atoms with van der Waals surface area (Å²) in [5, 5.41) is 3.02. The molecule has 2 aliphatic rings. The first-order valence-corrected chi connectivity index (χ1v) is 7.60. The molecule has 0 spiro atoms. The summed E-state index contributed by atoms with van der Waals surface area (Å²) < 4.78 is 5.84. The first kappa shape index (κ1) is 13.3. The van der Waals surface area contributed by atoms with E-state index in [1.807, 2.05) is 23.1 Å². The quantitative estimate of drug-likeness (QED) is 0.900. The van der Waals surface area contributed by atoms with Crippen LogP contribution in [0.1, 0.15) is 31.2 Å². The van der Waals surface area contributed by atoms with Crippen molar-refractivity contribution in [2.24, 2.45) is 0 Å². The number of fused-ring (bicyclic) bond motifs is 1. The molecule has 2 amide bonds. The zero-order chi connectivity index (χ0) is 13.8. The van der Waals surface area contributed by atoms with Gasteiger partial charge in [-0.25, -0.2) is 4.79 Å². The summed E-state index contributed by atoms with van der Waals surface area (Å²) in [6.07, 6.45) is 5.69. The van der Waals surface area contributed by atoms with Crippen molar-refractivity contribution < 1.29 is 9.53 Å². The van der Waals surface area contributed by atoms with Crippen molar-refractivity contribution in [1.82, 2.24) is 10.2 Å². The Morgan fingerprint density at radius 3 is 2.70 bits per heavy atom. The molecule has 108 valence electrons. The van der Waals surface area contributed by atoms with E-state index in [1.54, 1.807) is 0 Å². The van der Waals surface area contributed by atoms with Crippen molar-refractivity contribution in [3.63, 3.8) is 0 Å². The van der Waals surface area contributed by atoms with Gasteiger partial charge in [0.15, 0.2) is 0 Å². The van der Waals surface area contributed by atoms with Crippen molar-refractivity contribution in [2.45, 2.75) is 38.2 Å². The van der Waals surface area contributed by atoms with E-state index < -0.39 is 0 Å². The third-order valence-corrected chi connectivity index (χ3v) is 4.09. The number of urea groups is 1. The molecule has 0 aliphatic carbocycles. The minimum absolute atomic E-state index is 0.0615. The van der Waals surface area contributed by atoms with Crippen molar-refractivity contribution in [2.75, 3.05) is 19.6 Å². The molecule has 0 bridgehead atoms. The number of carbonyl (C=O) groups excluding carboxylic acids is 1. The molecule has 3 rings (SSSR count). The number of ether oxygens (including phenoxy) is 1. The largest absolute Gasteiger partial charge is 0.488 e. The molecule has 2 aliphatic heterocycles. The summed E-state index contributed by atoms with van der Waals surface area (Å²) in [7, 11) is 0. The minimum Gasteiger partial charge on any atom is -0.488 e. The maximum Gasteiger partial charge on any atom is 0.317 e. The molecule has 4 heteroatoms. The number of rotatable bonds is 2. The third-order valence-electron chi connectivity index (χ3n) is 4.09. The van der Waals surface area contributed by atoms with Crippen LogP contribution in [0.4, 0.5) is 4.79 Å². The van der Waals surface area contributed by atoms with Crippen LogP contribution < -0.4 is 10.1 Å². The fourth-order valence-corrected chi connectivity index (χ4v) is 2.95. The van der Waals surface area contributed by atoms with E-state index >= 15 is 0 Å². The molecule has 1 aromatic rings. The van der Waals surface area contributed by atoms with Crippen LogP contribution in [0.25, 0.3) is 0 Å². The van der Waals surface area contributed by atoms with E-state index in [0.29, 0.717) is 6.54 Å². The molecule has 0 saturated carbocycles. The molecule has 20 heavy (non-hydrogen) atoms. The summed E-state index contributed by atoms with van der Waals surface area (Å²) in [5.74, 6) is 0.960. The smallest absolute Gasteiger partial charge is 0.317 e. The van der Waals surface area contributed by atoms with E-state index in [0.717, 1.165) is 38.1 Å². The molecule has 2 heterocycles. The van der Waals surface area contributed by atoms with Gasteiger partial charge >= 0.3 is 6.03 Å². The molecular weight excluding hydrogens is 252 g/mol. The highest BCUT2D eigenvalue weighted by Gasteiger charge is 2.23. The van der Waals surface area contributed by atoms with Gasteiger partial charge in [0.1, 0.15) is 11.9 Å². The number of carbonyl (C=O) groups is 1. The van der Waals surface area contributed by atoms with Crippen molar-refractivity contribution in [3.05, 3.63) is 29.8 Å². The van der Waals surface area contributed by atoms with E-state index in [1.165, 1.54) is 18.4 Å². The maximum atomic E-state index is 12.1. The fourth-order valence-electron chi connectivity index (χ4n) is 2.95. The number of amides is 2. The number of hydrogen-bond acceptors (Lipinski definition) is 2. The van der Waals surface area contributed by atoms with Gasteiger partial charge in [-0.15, -0.1) is 0 Å². The van der Waals surface area contributed by atoms with Crippen LogP contribution in [0.3, 0.4) is 0 Å². The Labute approximate surface area is 120 Å². The number of para-hydroxylation sites is 1. The zero-order valence-electron chi connectivity index (χ0n) is 11.8. The average Bonchev–Trinajstić information content (AvgIpc) is 2.69. The predicted octanol–water partition coefficient (Wildman–Crippen LogP) is 2.58. The van der Waals surface area contributed by atoms with Crippen molar-refractivity contribution in [1.29, 1.82) is 0 Å². The Hall–Kier alpha value is -1.71. The molecule has 1 N–H and O–H groups in total. The Kier molecular flexibility index (Phi) is 4.09. The molecule has 0 radical (unpaired) electrons. The molecule has 4 nitrogen and oxygen atoms in total. The van der Waals surface area contributed by atoms with E-state index in [4.69, 9.17) is 4.74 Å². The van der Waals surface area contributed by atoms with Gasteiger partial charge in [-0.1, -0.05) is 31.0 Å². The Morgan fingerprint density at radius 1 is 1.20 bits per heavy atom.